The molecule has 1 atom stereocenters. The molecule has 1 unspecified atom stereocenters. The molecule has 7 nitrogen and oxygen atoms in total. The molecular formula is C13H19N5O2S. The minimum absolute atomic E-state index is 0.0173. The fourth-order valence-electron chi connectivity index (χ4n) is 2.07. The van der Waals surface area contributed by atoms with Crippen molar-refractivity contribution >= 4 is 22.8 Å². The van der Waals surface area contributed by atoms with Crippen LogP contribution in [0.15, 0.2) is 5.38 Å². The molecule has 0 spiro atoms. The topological polar surface area (TPSA) is 85.9 Å². The molecule has 0 bridgehead atoms. The van der Waals surface area contributed by atoms with Crippen LogP contribution < -0.4 is 5.32 Å². The number of anilines is 1. The van der Waals surface area contributed by atoms with E-state index in [9.17, 15) is 10.1 Å². The first kappa shape index (κ1) is 15.4. The Labute approximate surface area is 127 Å². The fourth-order valence-corrected chi connectivity index (χ4v) is 3.00. The largest absolute Gasteiger partial charge is 0.356 e. The van der Waals surface area contributed by atoms with Gasteiger partial charge in [-0.25, -0.2) is 9.67 Å². The Morgan fingerprint density at radius 1 is 1.43 bits per heavy atom. The molecule has 0 aliphatic carbocycles. The minimum Gasteiger partial charge on any atom is -0.356 e. The second-order valence-corrected chi connectivity index (χ2v) is 6.18. The van der Waals surface area contributed by atoms with E-state index in [4.69, 9.17) is 0 Å². The first-order valence-corrected chi connectivity index (χ1v) is 7.59. The third-order valence-electron chi connectivity index (χ3n) is 3.20. The van der Waals surface area contributed by atoms with Crippen LogP contribution in [0, 0.1) is 17.0 Å². The summed E-state index contributed by atoms with van der Waals surface area (Å²) in [4.78, 5) is 15.3. The Morgan fingerprint density at radius 2 is 2.10 bits per heavy atom. The maximum atomic E-state index is 11.2. The summed E-state index contributed by atoms with van der Waals surface area (Å²) in [6, 6.07) is -0.123. The van der Waals surface area contributed by atoms with Gasteiger partial charge in [0.2, 0.25) is 5.82 Å². The summed E-state index contributed by atoms with van der Waals surface area (Å²) in [5, 5.41) is 21.5. The van der Waals surface area contributed by atoms with Crippen LogP contribution in [0.25, 0.3) is 0 Å². The van der Waals surface area contributed by atoms with Crippen molar-refractivity contribution in [3.63, 3.8) is 0 Å². The molecule has 114 valence electrons. The Morgan fingerprint density at radius 3 is 2.62 bits per heavy atom. The van der Waals surface area contributed by atoms with E-state index in [1.165, 1.54) is 4.68 Å². The molecule has 2 aromatic heterocycles. The van der Waals surface area contributed by atoms with E-state index in [1.807, 2.05) is 12.3 Å². The monoisotopic (exact) mass is 309 g/mol. The molecule has 0 saturated carbocycles. The van der Waals surface area contributed by atoms with E-state index in [0.29, 0.717) is 17.4 Å². The number of aryl methyl sites for hydroxylation is 2. The van der Waals surface area contributed by atoms with E-state index in [2.05, 4.69) is 29.2 Å². The maximum absolute atomic E-state index is 11.2. The third-order valence-corrected chi connectivity index (χ3v) is 4.37. The molecule has 0 aromatic carbocycles. The normalized spacial score (nSPS) is 12.7. The number of hydrogen-bond acceptors (Lipinski definition) is 6. The Bertz CT molecular complexity index is 662. The first-order valence-electron chi connectivity index (χ1n) is 6.71. The van der Waals surface area contributed by atoms with Gasteiger partial charge in [0.25, 0.3) is 0 Å². The van der Waals surface area contributed by atoms with E-state index < -0.39 is 4.92 Å². The van der Waals surface area contributed by atoms with Crippen molar-refractivity contribution in [2.24, 2.45) is 7.05 Å². The highest BCUT2D eigenvalue weighted by Gasteiger charge is 2.25. The van der Waals surface area contributed by atoms with Gasteiger partial charge in [-0.2, -0.15) is 5.10 Å². The summed E-state index contributed by atoms with van der Waals surface area (Å²) >= 11 is 1.61. The zero-order valence-electron chi connectivity index (χ0n) is 12.7. The quantitative estimate of drug-likeness (QED) is 0.676. The van der Waals surface area contributed by atoms with Crippen LogP contribution >= 0.6 is 11.3 Å². The third kappa shape index (κ3) is 3.05. The lowest BCUT2D eigenvalue weighted by molar-refractivity contribution is -0.384. The highest BCUT2D eigenvalue weighted by Crippen LogP contribution is 2.31. The minimum atomic E-state index is -0.405. The van der Waals surface area contributed by atoms with Gasteiger partial charge in [0.15, 0.2) is 0 Å². The van der Waals surface area contributed by atoms with Gasteiger partial charge in [-0.15, -0.1) is 11.3 Å². The van der Waals surface area contributed by atoms with Gasteiger partial charge in [-0.3, -0.25) is 10.1 Å². The molecule has 8 heteroatoms. The smallest absolute Gasteiger partial charge is 0.333 e. The lowest BCUT2D eigenvalue weighted by Crippen LogP contribution is -2.11. The highest BCUT2D eigenvalue weighted by molar-refractivity contribution is 7.09. The summed E-state index contributed by atoms with van der Waals surface area (Å²) < 4.78 is 1.50. The van der Waals surface area contributed by atoms with Gasteiger partial charge < -0.3 is 5.32 Å². The van der Waals surface area contributed by atoms with Gasteiger partial charge in [0.05, 0.1) is 21.7 Å². The molecule has 0 amide bonds. The van der Waals surface area contributed by atoms with Crippen molar-refractivity contribution in [2.45, 2.75) is 39.7 Å². The molecule has 1 N–H and O–H groups in total. The number of hydrogen-bond donors (Lipinski definition) is 1. The summed E-state index contributed by atoms with van der Waals surface area (Å²) in [5.74, 6) is 0.785. The van der Waals surface area contributed by atoms with Crippen molar-refractivity contribution in [3.8, 4) is 0 Å². The second kappa shape index (κ2) is 5.80. The van der Waals surface area contributed by atoms with Crippen LogP contribution in [-0.4, -0.2) is 19.7 Å². The van der Waals surface area contributed by atoms with Gasteiger partial charge in [-0.05, 0) is 13.8 Å². The number of nitrogens with zero attached hydrogens (tertiary/aromatic N) is 4. The Balaban J connectivity index is 2.27. The number of aromatic nitrogens is 3. The van der Waals surface area contributed by atoms with Crippen LogP contribution in [0.1, 0.15) is 49.1 Å². The zero-order chi connectivity index (χ0) is 15.7. The van der Waals surface area contributed by atoms with Gasteiger partial charge in [0, 0.05) is 18.3 Å². The molecule has 2 heterocycles. The fraction of sp³-hybridized carbons (Fsp3) is 0.538. The molecule has 2 rings (SSSR count). The number of nitro groups is 1. The predicted molar refractivity (Wildman–Crippen MR) is 82.8 cm³/mol. The number of nitrogens with one attached hydrogen (secondary N) is 1. The summed E-state index contributed by atoms with van der Waals surface area (Å²) in [6.45, 7) is 7.75. The van der Waals surface area contributed by atoms with E-state index in [-0.39, 0.29) is 11.7 Å². The van der Waals surface area contributed by atoms with E-state index in [1.54, 1.807) is 25.3 Å². The van der Waals surface area contributed by atoms with Gasteiger partial charge in [-0.1, -0.05) is 13.8 Å². The average Bonchev–Trinajstić information content (AvgIpc) is 2.95. The van der Waals surface area contributed by atoms with Crippen LogP contribution in [-0.2, 0) is 7.05 Å². The standard InChI is InChI=1S/C13H19N5O2S/c1-7(2)13-15-10(6-21-13)8(3)14-12-11(18(19)20)9(4)16-17(12)5/h6-8,14H,1-5H3. The summed E-state index contributed by atoms with van der Waals surface area (Å²) in [6.07, 6.45) is 0. The SMILES string of the molecule is Cc1nn(C)c(NC(C)c2csc(C(C)C)n2)c1[N+](=O)[O-]. The number of rotatable bonds is 5. The van der Waals surface area contributed by atoms with E-state index >= 15 is 0 Å². The molecule has 0 radical (unpaired) electrons. The lowest BCUT2D eigenvalue weighted by Gasteiger charge is -2.12. The second-order valence-electron chi connectivity index (χ2n) is 5.29. The summed E-state index contributed by atoms with van der Waals surface area (Å²) in [5.41, 5.74) is 1.30. The van der Waals surface area contributed by atoms with Gasteiger partial charge in [0.1, 0.15) is 5.69 Å². The van der Waals surface area contributed by atoms with E-state index in [0.717, 1.165) is 10.7 Å². The molecule has 21 heavy (non-hydrogen) atoms. The maximum Gasteiger partial charge on any atom is 0.333 e. The zero-order valence-corrected chi connectivity index (χ0v) is 13.6. The van der Waals surface area contributed by atoms with Crippen molar-refractivity contribution in [2.75, 3.05) is 5.32 Å². The van der Waals surface area contributed by atoms with Crippen LogP contribution in [0.3, 0.4) is 0 Å². The first-order chi connectivity index (χ1) is 9.81. The molecule has 0 saturated heterocycles. The van der Waals surface area contributed by atoms with Crippen LogP contribution in [0.4, 0.5) is 11.5 Å². The van der Waals surface area contributed by atoms with Crippen molar-refractivity contribution in [1.29, 1.82) is 0 Å². The molecule has 0 fully saturated rings. The molecule has 0 aliphatic rings. The molecule has 0 aliphatic heterocycles. The number of thiazole rings is 1. The Kier molecular flexibility index (Phi) is 4.26. The van der Waals surface area contributed by atoms with Gasteiger partial charge >= 0.3 is 5.69 Å². The molecular weight excluding hydrogens is 290 g/mol. The van der Waals surface area contributed by atoms with Crippen molar-refractivity contribution in [3.05, 3.63) is 31.9 Å². The highest BCUT2D eigenvalue weighted by atomic mass is 32.1. The average molecular weight is 309 g/mol. The van der Waals surface area contributed by atoms with Crippen LogP contribution in [0.2, 0.25) is 0 Å². The molecule has 2 aromatic rings. The Hall–Kier alpha value is -1.96. The van der Waals surface area contributed by atoms with Crippen molar-refractivity contribution in [1.82, 2.24) is 14.8 Å². The van der Waals surface area contributed by atoms with Crippen LogP contribution in [0.5, 0.6) is 0 Å². The van der Waals surface area contributed by atoms with Crippen molar-refractivity contribution < 1.29 is 4.92 Å². The summed E-state index contributed by atoms with van der Waals surface area (Å²) in [7, 11) is 1.69. The predicted octanol–water partition coefficient (Wildman–Crippen LogP) is 3.39. The lowest BCUT2D eigenvalue weighted by atomic mass is 10.2.